The average molecular weight is 328 g/mol. The number of hydrogen-bond donors (Lipinski definition) is 0. The van der Waals surface area contributed by atoms with Crippen molar-refractivity contribution in [1.29, 1.82) is 0 Å². The summed E-state index contributed by atoms with van der Waals surface area (Å²) in [6.45, 7) is 1.60. The fourth-order valence-corrected chi connectivity index (χ4v) is 3.71. The van der Waals surface area contributed by atoms with Crippen molar-refractivity contribution in [2.75, 3.05) is 20.2 Å². The fourth-order valence-electron chi connectivity index (χ4n) is 3.16. The number of amides is 1. The van der Waals surface area contributed by atoms with E-state index in [1.807, 2.05) is 17.0 Å². The molecule has 0 unspecified atom stereocenters. The summed E-state index contributed by atoms with van der Waals surface area (Å²) in [5, 5.41) is 1.30. The minimum Gasteiger partial charge on any atom is -0.381 e. The molecule has 114 valence electrons. The number of hydrogen-bond acceptors (Lipinski definition) is 2. The van der Waals surface area contributed by atoms with Gasteiger partial charge in [-0.3, -0.25) is 4.79 Å². The Labute approximate surface area is 135 Å². The Balaban J connectivity index is 1.61. The van der Waals surface area contributed by atoms with Crippen LogP contribution in [0.25, 0.3) is 0 Å². The molecule has 2 aliphatic rings. The van der Waals surface area contributed by atoms with E-state index in [-0.39, 0.29) is 17.7 Å². The summed E-state index contributed by atoms with van der Waals surface area (Å²) < 4.78 is 5.34. The first kappa shape index (κ1) is 15.1. The highest BCUT2D eigenvalue weighted by Crippen LogP contribution is 2.51. The Morgan fingerprint density at radius 3 is 2.62 bits per heavy atom. The molecule has 2 fully saturated rings. The van der Waals surface area contributed by atoms with Gasteiger partial charge in [0.1, 0.15) is 0 Å². The lowest BCUT2D eigenvalue weighted by atomic mass is 10.1. The number of ether oxygens (including phenoxy) is 1. The van der Waals surface area contributed by atoms with Crippen LogP contribution in [-0.4, -0.2) is 37.1 Å². The fraction of sp³-hybridized carbons (Fsp3) is 0.562. The molecule has 2 atom stereocenters. The number of rotatable bonds is 3. The molecule has 5 heteroatoms. The third-order valence-electron chi connectivity index (χ3n) is 4.56. The zero-order chi connectivity index (χ0) is 15.0. The van der Waals surface area contributed by atoms with E-state index in [1.54, 1.807) is 13.2 Å². The Bertz CT molecular complexity index is 541. The number of carbonyl (C=O) groups is 1. The van der Waals surface area contributed by atoms with Crippen LogP contribution in [0.3, 0.4) is 0 Å². The molecule has 0 radical (unpaired) electrons. The molecule has 1 heterocycles. The lowest BCUT2D eigenvalue weighted by molar-refractivity contribution is -0.135. The lowest BCUT2D eigenvalue weighted by Gasteiger charge is -2.31. The van der Waals surface area contributed by atoms with E-state index in [0.29, 0.717) is 16.1 Å². The van der Waals surface area contributed by atoms with E-state index in [0.717, 1.165) is 37.9 Å². The zero-order valence-corrected chi connectivity index (χ0v) is 13.5. The van der Waals surface area contributed by atoms with Crippen LogP contribution in [-0.2, 0) is 9.53 Å². The number of halogens is 2. The van der Waals surface area contributed by atoms with E-state index in [2.05, 4.69) is 0 Å². The monoisotopic (exact) mass is 327 g/mol. The van der Waals surface area contributed by atoms with E-state index < -0.39 is 0 Å². The smallest absolute Gasteiger partial charge is 0.226 e. The zero-order valence-electron chi connectivity index (χ0n) is 12.0. The van der Waals surface area contributed by atoms with E-state index in [1.165, 1.54) is 0 Å². The first-order valence-electron chi connectivity index (χ1n) is 7.36. The van der Waals surface area contributed by atoms with Gasteiger partial charge in [0.15, 0.2) is 0 Å². The van der Waals surface area contributed by atoms with Gasteiger partial charge in [-0.2, -0.15) is 0 Å². The van der Waals surface area contributed by atoms with Crippen LogP contribution in [0.2, 0.25) is 10.0 Å². The molecule has 0 aromatic heterocycles. The molecule has 1 saturated heterocycles. The molecule has 0 bridgehead atoms. The minimum absolute atomic E-state index is 0.0859. The number of methoxy groups -OCH3 is 1. The summed E-state index contributed by atoms with van der Waals surface area (Å²) in [5.74, 6) is 0.603. The van der Waals surface area contributed by atoms with Crippen LogP contribution in [0.1, 0.15) is 30.7 Å². The number of carbonyl (C=O) groups excluding carboxylic acids is 1. The van der Waals surface area contributed by atoms with Crippen molar-refractivity contribution in [1.82, 2.24) is 4.90 Å². The van der Waals surface area contributed by atoms with Crippen LogP contribution in [0, 0.1) is 5.92 Å². The molecule has 3 rings (SSSR count). The molecule has 1 saturated carbocycles. The van der Waals surface area contributed by atoms with Crippen LogP contribution < -0.4 is 0 Å². The second-order valence-electron chi connectivity index (χ2n) is 5.87. The second kappa shape index (κ2) is 6.15. The highest BCUT2D eigenvalue weighted by molar-refractivity contribution is 6.35. The minimum atomic E-state index is 0.0859. The van der Waals surface area contributed by atoms with E-state index in [9.17, 15) is 4.79 Å². The summed E-state index contributed by atoms with van der Waals surface area (Å²) in [6.07, 6.45) is 3.06. The van der Waals surface area contributed by atoms with Crippen LogP contribution in [0.5, 0.6) is 0 Å². The van der Waals surface area contributed by atoms with Crippen molar-refractivity contribution in [2.45, 2.75) is 31.3 Å². The van der Waals surface area contributed by atoms with Gasteiger partial charge in [0.2, 0.25) is 5.91 Å². The van der Waals surface area contributed by atoms with Crippen molar-refractivity contribution in [2.24, 2.45) is 5.92 Å². The maximum absolute atomic E-state index is 12.5. The quantitative estimate of drug-likeness (QED) is 0.846. The number of piperidine rings is 1. The normalized spacial score (nSPS) is 26.0. The molecule has 1 aromatic carbocycles. The predicted octanol–water partition coefficient (Wildman–Crippen LogP) is 3.73. The molecule has 1 aromatic rings. The highest BCUT2D eigenvalue weighted by Gasteiger charge is 2.46. The largest absolute Gasteiger partial charge is 0.381 e. The summed E-state index contributed by atoms with van der Waals surface area (Å²) in [7, 11) is 1.74. The van der Waals surface area contributed by atoms with Crippen molar-refractivity contribution in [3.8, 4) is 0 Å². The Morgan fingerprint density at radius 1 is 1.29 bits per heavy atom. The van der Waals surface area contributed by atoms with Gasteiger partial charge < -0.3 is 9.64 Å². The van der Waals surface area contributed by atoms with Gasteiger partial charge in [-0.15, -0.1) is 0 Å². The van der Waals surface area contributed by atoms with Gasteiger partial charge >= 0.3 is 0 Å². The third kappa shape index (κ3) is 3.20. The van der Waals surface area contributed by atoms with Crippen molar-refractivity contribution >= 4 is 29.1 Å². The molecule has 1 amide bonds. The van der Waals surface area contributed by atoms with Crippen LogP contribution in [0.4, 0.5) is 0 Å². The summed E-state index contributed by atoms with van der Waals surface area (Å²) >= 11 is 12.2. The first-order chi connectivity index (χ1) is 10.1. The van der Waals surface area contributed by atoms with E-state index in [4.69, 9.17) is 27.9 Å². The number of nitrogens with zero attached hydrogens (tertiary/aromatic N) is 1. The molecule has 21 heavy (non-hydrogen) atoms. The third-order valence-corrected chi connectivity index (χ3v) is 5.12. The summed E-state index contributed by atoms with van der Waals surface area (Å²) in [6, 6.07) is 5.54. The lowest BCUT2D eigenvalue weighted by Crippen LogP contribution is -2.41. The van der Waals surface area contributed by atoms with Gasteiger partial charge in [-0.25, -0.2) is 0 Å². The second-order valence-corrected chi connectivity index (χ2v) is 6.72. The van der Waals surface area contributed by atoms with E-state index >= 15 is 0 Å². The van der Waals surface area contributed by atoms with Gasteiger partial charge in [-0.05, 0) is 42.9 Å². The van der Waals surface area contributed by atoms with Crippen molar-refractivity contribution < 1.29 is 9.53 Å². The van der Waals surface area contributed by atoms with Crippen molar-refractivity contribution in [3.05, 3.63) is 33.8 Å². The predicted molar refractivity (Wildman–Crippen MR) is 83.9 cm³/mol. The Hall–Kier alpha value is -0.770. The average Bonchev–Trinajstić information content (AvgIpc) is 3.27. The summed E-state index contributed by atoms with van der Waals surface area (Å²) in [4.78, 5) is 14.5. The molecule has 0 spiro atoms. The molecule has 1 aliphatic heterocycles. The first-order valence-corrected chi connectivity index (χ1v) is 8.12. The topological polar surface area (TPSA) is 29.5 Å². The van der Waals surface area contributed by atoms with Crippen LogP contribution in [0.15, 0.2) is 18.2 Å². The molecular formula is C16H19Cl2NO2. The van der Waals surface area contributed by atoms with Gasteiger partial charge in [0, 0.05) is 36.2 Å². The molecule has 0 N–H and O–H groups in total. The highest BCUT2D eigenvalue weighted by atomic mass is 35.5. The van der Waals surface area contributed by atoms with Gasteiger partial charge in [0.05, 0.1) is 6.10 Å². The number of likely N-dealkylation sites (tertiary alicyclic amines) is 1. The molecule has 1 aliphatic carbocycles. The van der Waals surface area contributed by atoms with Gasteiger partial charge in [0.25, 0.3) is 0 Å². The molecule has 3 nitrogen and oxygen atoms in total. The SMILES string of the molecule is COC1CCN(C(=O)[C@H]2C[C@H]2c2ccc(Cl)cc2Cl)CC1. The Morgan fingerprint density at radius 2 is 2.00 bits per heavy atom. The van der Waals surface area contributed by atoms with Gasteiger partial charge in [-0.1, -0.05) is 29.3 Å². The number of benzene rings is 1. The molecular weight excluding hydrogens is 309 g/mol. The standard InChI is InChI=1S/C16H19Cl2NO2/c1-21-11-4-6-19(7-5-11)16(20)14-9-13(14)12-3-2-10(17)8-15(12)18/h2-3,8,11,13-14H,4-7,9H2,1H3/t13-,14-/m0/s1. The maximum Gasteiger partial charge on any atom is 0.226 e. The Kier molecular flexibility index (Phi) is 4.43. The van der Waals surface area contributed by atoms with Crippen LogP contribution >= 0.6 is 23.2 Å². The van der Waals surface area contributed by atoms with Crippen molar-refractivity contribution in [3.63, 3.8) is 0 Å². The summed E-state index contributed by atoms with van der Waals surface area (Å²) in [5.41, 5.74) is 1.05. The maximum atomic E-state index is 12.5.